The van der Waals surface area contributed by atoms with Gasteiger partial charge in [0.05, 0.1) is 11.6 Å². The van der Waals surface area contributed by atoms with Crippen molar-refractivity contribution < 1.29 is 23.8 Å². The number of nitrogens with zero attached hydrogens (tertiary/aromatic N) is 1. The molecule has 1 unspecified atom stereocenters. The number of hydrogen-bond acceptors (Lipinski definition) is 6. The zero-order chi connectivity index (χ0) is 24.7. The van der Waals surface area contributed by atoms with Crippen LogP contribution in [0, 0.1) is 5.92 Å². The van der Waals surface area contributed by atoms with E-state index in [1.807, 2.05) is 54.6 Å². The van der Waals surface area contributed by atoms with Crippen molar-refractivity contribution in [1.82, 2.24) is 10.2 Å². The number of hydrogen-bond donors (Lipinski definition) is 1. The Labute approximate surface area is 211 Å². The first kappa shape index (κ1) is 23.9. The lowest BCUT2D eigenvalue weighted by Gasteiger charge is -2.43. The monoisotopic (exact) mass is 486 g/mol. The van der Waals surface area contributed by atoms with Crippen LogP contribution in [0.5, 0.6) is 5.75 Å². The maximum Gasteiger partial charge on any atom is 0.408 e. The first-order valence-electron chi connectivity index (χ1n) is 12.3. The van der Waals surface area contributed by atoms with Gasteiger partial charge in [-0.3, -0.25) is 4.90 Å². The van der Waals surface area contributed by atoms with E-state index in [-0.39, 0.29) is 12.9 Å². The highest BCUT2D eigenvalue weighted by atomic mass is 16.7. The maximum atomic E-state index is 13.0. The smallest absolute Gasteiger partial charge is 0.408 e. The van der Waals surface area contributed by atoms with Gasteiger partial charge in [0.25, 0.3) is 0 Å². The molecule has 3 aromatic rings. The Balaban J connectivity index is 1.25. The number of amides is 1. The van der Waals surface area contributed by atoms with Gasteiger partial charge < -0.3 is 19.5 Å². The highest BCUT2D eigenvalue weighted by Crippen LogP contribution is 2.30. The van der Waals surface area contributed by atoms with Gasteiger partial charge in [0, 0.05) is 6.54 Å². The van der Waals surface area contributed by atoms with Crippen molar-refractivity contribution in [2.45, 2.75) is 25.0 Å². The van der Waals surface area contributed by atoms with Gasteiger partial charge in [-0.1, -0.05) is 60.7 Å². The molecule has 1 N–H and O–H groups in total. The van der Waals surface area contributed by atoms with Gasteiger partial charge in [-0.2, -0.15) is 0 Å². The Kier molecular flexibility index (Phi) is 7.47. The minimum absolute atomic E-state index is 0.0714. The summed E-state index contributed by atoms with van der Waals surface area (Å²) in [6.45, 7) is 2.76. The molecule has 3 aliphatic rings. The van der Waals surface area contributed by atoms with Gasteiger partial charge >= 0.3 is 12.1 Å². The minimum atomic E-state index is -0.453. The number of carbonyl (C=O) groups excluding carboxylic acids is 2. The number of ether oxygens (including phenoxy) is 3. The highest BCUT2D eigenvalue weighted by Gasteiger charge is 2.36. The Morgan fingerprint density at radius 2 is 1.58 bits per heavy atom. The highest BCUT2D eigenvalue weighted by molar-refractivity contribution is 5.89. The van der Waals surface area contributed by atoms with Crippen molar-refractivity contribution in [1.29, 1.82) is 0 Å². The molecule has 3 heterocycles. The fraction of sp³-hybridized carbons (Fsp3) is 0.310. The molecule has 6 rings (SSSR count). The lowest BCUT2D eigenvalue weighted by atomic mass is 9.86. The summed E-state index contributed by atoms with van der Waals surface area (Å²) in [4.78, 5) is 27.5. The summed E-state index contributed by atoms with van der Waals surface area (Å²) < 4.78 is 16.8. The first-order chi connectivity index (χ1) is 17.7. The van der Waals surface area contributed by atoms with E-state index in [1.165, 1.54) is 0 Å². The van der Waals surface area contributed by atoms with Gasteiger partial charge in [0.15, 0.2) is 0 Å². The SMILES string of the molecule is O=C(NC(c1ccccc1)c1cccc(OCOC(=O)c2ccccc2)c1)O[C@H]1CN2CCC1CC2. The summed E-state index contributed by atoms with van der Waals surface area (Å²) in [5.74, 6) is 0.513. The molecule has 3 fully saturated rings. The molecule has 0 aromatic heterocycles. The second-order valence-corrected chi connectivity index (χ2v) is 9.20. The lowest BCUT2D eigenvalue weighted by Crippen LogP contribution is -2.52. The molecule has 7 heteroatoms. The molecule has 0 aliphatic carbocycles. The predicted octanol–water partition coefficient (Wildman–Crippen LogP) is 4.79. The van der Waals surface area contributed by atoms with Gasteiger partial charge in [-0.05, 0) is 67.2 Å². The van der Waals surface area contributed by atoms with E-state index in [0.717, 1.165) is 43.6 Å². The first-order valence-corrected chi connectivity index (χ1v) is 12.3. The number of esters is 1. The van der Waals surface area contributed by atoms with Crippen LogP contribution in [0.15, 0.2) is 84.9 Å². The number of piperidine rings is 3. The Morgan fingerprint density at radius 3 is 2.28 bits per heavy atom. The summed E-state index contributed by atoms with van der Waals surface area (Å²) in [5.41, 5.74) is 2.22. The van der Waals surface area contributed by atoms with E-state index >= 15 is 0 Å². The molecule has 186 valence electrons. The van der Waals surface area contributed by atoms with Crippen molar-refractivity contribution in [3.63, 3.8) is 0 Å². The molecule has 0 saturated carbocycles. The Morgan fingerprint density at radius 1 is 0.889 bits per heavy atom. The molecule has 7 nitrogen and oxygen atoms in total. The fourth-order valence-electron chi connectivity index (χ4n) is 4.93. The summed E-state index contributed by atoms with van der Waals surface area (Å²) in [6.07, 6.45) is 1.66. The maximum absolute atomic E-state index is 13.0. The number of alkyl carbamates (subject to hydrolysis) is 1. The molecule has 0 radical (unpaired) electrons. The molecular weight excluding hydrogens is 456 g/mol. The molecule has 2 atom stereocenters. The third-order valence-corrected chi connectivity index (χ3v) is 6.87. The second kappa shape index (κ2) is 11.3. The van der Waals surface area contributed by atoms with Crippen molar-refractivity contribution in [3.05, 3.63) is 102 Å². The normalized spacial score (nSPS) is 21.3. The molecule has 2 bridgehead atoms. The summed E-state index contributed by atoms with van der Waals surface area (Å²) >= 11 is 0. The fourth-order valence-corrected chi connectivity index (χ4v) is 4.93. The summed E-state index contributed by atoms with van der Waals surface area (Å²) in [5, 5.41) is 3.06. The van der Waals surface area contributed by atoms with Crippen LogP contribution >= 0.6 is 0 Å². The summed E-state index contributed by atoms with van der Waals surface area (Å²) in [6, 6.07) is 25.5. The van der Waals surface area contributed by atoms with Crippen molar-refractivity contribution >= 4 is 12.1 Å². The van der Waals surface area contributed by atoms with Crippen molar-refractivity contribution in [3.8, 4) is 5.75 Å². The van der Waals surface area contributed by atoms with Crippen molar-refractivity contribution in [2.75, 3.05) is 26.4 Å². The van der Waals surface area contributed by atoms with Crippen LogP contribution in [0.4, 0.5) is 4.79 Å². The summed E-state index contributed by atoms with van der Waals surface area (Å²) in [7, 11) is 0. The van der Waals surface area contributed by atoms with Crippen LogP contribution in [0.25, 0.3) is 0 Å². The lowest BCUT2D eigenvalue weighted by molar-refractivity contribution is -0.0336. The predicted molar refractivity (Wildman–Crippen MR) is 135 cm³/mol. The van der Waals surface area contributed by atoms with E-state index < -0.39 is 18.1 Å². The van der Waals surface area contributed by atoms with E-state index in [4.69, 9.17) is 14.2 Å². The third kappa shape index (κ3) is 5.86. The molecule has 0 spiro atoms. The zero-order valence-electron chi connectivity index (χ0n) is 20.0. The number of nitrogens with one attached hydrogen (secondary N) is 1. The molecule has 3 saturated heterocycles. The van der Waals surface area contributed by atoms with Crippen LogP contribution < -0.4 is 10.1 Å². The third-order valence-electron chi connectivity index (χ3n) is 6.87. The molecule has 3 aromatic carbocycles. The van der Waals surface area contributed by atoms with Gasteiger partial charge in [0.2, 0.25) is 6.79 Å². The Hall–Kier alpha value is -3.84. The number of rotatable bonds is 8. The largest absolute Gasteiger partial charge is 0.457 e. The van der Waals surface area contributed by atoms with Crippen LogP contribution in [0.2, 0.25) is 0 Å². The van der Waals surface area contributed by atoms with E-state index in [0.29, 0.717) is 17.2 Å². The number of carbonyl (C=O) groups is 2. The van der Waals surface area contributed by atoms with Gasteiger partial charge in [-0.25, -0.2) is 9.59 Å². The van der Waals surface area contributed by atoms with E-state index in [1.54, 1.807) is 30.3 Å². The van der Waals surface area contributed by atoms with Crippen LogP contribution in [-0.2, 0) is 9.47 Å². The average molecular weight is 487 g/mol. The molecule has 3 aliphatic heterocycles. The number of fused-ring (bicyclic) bond motifs is 3. The molecule has 36 heavy (non-hydrogen) atoms. The molecular formula is C29H30N2O5. The number of benzene rings is 3. The van der Waals surface area contributed by atoms with Crippen LogP contribution in [0.1, 0.15) is 40.4 Å². The van der Waals surface area contributed by atoms with Gasteiger partial charge in [-0.15, -0.1) is 0 Å². The zero-order valence-corrected chi connectivity index (χ0v) is 20.0. The van der Waals surface area contributed by atoms with E-state index in [9.17, 15) is 9.59 Å². The van der Waals surface area contributed by atoms with Crippen LogP contribution in [0.3, 0.4) is 0 Å². The standard InChI is InChI=1S/C29H30N2O5/c32-28(23-10-5-2-6-11-23)35-20-34-25-13-7-12-24(18-25)27(22-8-3-1-4-9-22)30-29(33)36-26-19-31-16-14-21(26)15-17-31/h1-13,18,21,26-27H,14-17,19-20H2,(H,30,33)/t26-,27?/m0/s1. The second-order valence-electron chi connectivity index (χ2n) is 9.20. The minimum Gasteiger partial charge on any atom is -0.457 e. The molecule has 1 amide bonds. The van der Waals surface area contributed by atoms with Gasteiger partial charge in [0.1, 0.15) is 11.9 Å². The van der Waals surface area contributed by atoms with Crippen molar-refractivity contribution in [2.24, 2.45) is 5.92 Å². The quantitative estimate of drug-likeness (QED) is 0.364. The average Bonchev–Trinajstić information content (AvgIpc) is 2.93. The Bertz CT molecular complexity index is 1160. The topological polar surface area (TPSA) is 77.1 Å². The van der Waals surface area contributed by atoms with Crippen LogP contribution in [-0.4, -0.2) is 49.5 Å². The van der Waals surface area contributed by atoms with E-state index in [2.05, 4.69) is 10.2 Å².